The van der Waals surface area contributed by atoms with Gasteiger partial charge in [0.05, 0.1) is 6.07 Å². The van der Waals surface area contributed by atoms with E-state index in [1.54, 1.807) is 0 Å². The molecule has 0 fully saturated rings. The molecule has 0 radical (unpaired) electrons. The molecule has 2 aromatic carbocycles. The Morgan fingerprint density at radius 1 is 1.05 bits per heavy atom. The molecule has 1 aliphatic rings. The second-order valence-corrected chi connectivity index (χ2v) is 4.93. The summed E-state index contributed by atoms with van der Waals surface area (Å²) in [6.45, 7) is 3.91. The van der Waals surface area contributed by atoms with Gasteiger partial charge in [0.25, 0.3) is 0 Å². The third-order valence-corrected chi connectivity index (χ3v) is 3.41. The molecule has 0 heterocycles. The van der Waals surface area contributed by atoms with Crippen LogP contribution in [-0.2, 0) is 6.42 Å². The molecule has 1 nitrogen and oxygen atoms in total. The van der Waals surface area contributed by atoms with Gasteiger partial charge >= 0.3 is 0 Å². The van der Waals surface area contributed by atoms with Gasteiger partial charge in [0, 0.05) is 6.42 Å². The molecular weight excluding hydrogens is 254 g/mol. The van der Waals surface area contributed by atoms with Crippen molar-refractivity contribution >= 4 is 11.6 Å². The zero-order valence-corrected chi connectivity index (χ0v) is 12.1. The van der Waals surface area contributed by atoms with E-state index in [4.69, 9.17) is 5.26 Å². The van der Waals surface area contributed by atoms with E-state index >= 15 is 0 Å². The van der Waals surface area contributed by atoms with Crippen molar-refractivity contribution in [3.05, 3.63) is 83.9 Å². The molecule has 1 aliphatic carbocycles. The Morgan fingerprint density at radius 2 is 1.76 bits per heavy atom. The highest BCUT2D eigenvalue weighted by atomic mass is 14.2. The lowest BCUT2D eigenvalue weighted by atomic mass is 10.0. The fraction of sp³-hybridized carbons (Fsp3) is 0.150. The van der Waals surface area contributed by atoms with Gasteiger partial charge in [0.1, 0.15) is 0 Å². The van der Waals surface area contributed by atoms with Crippen molar-refractivity contribution in [2.24, 2.45) is 0 Å². The lowest BCUT2D eigenvalue weighted by molar-refractivity contribution is 1.08. The summed E-state index contributed by atoms with van der Waals surface area (Å²) in [6, 6.07) is 20.6. The number of rotatable bonds is 3. The van der Waals surface area contributed by atoms with E-state index < -0.39 is 0 Å². The first kappa shape index (κ1) is 14.8. The molecule has 1 heteroatoms. The Hall–Kier alpha value is -2.59. The molecule has 0 N–H and O–H groups in total. The normalized spacial score (nSPS) is 11.0. The minimum absolute atomic E-state index is 0.549. The Morgan fingerprint density at radius 3 is 2.48 bits per heavy atom. The number of nitrogens with zero attached hydrogens (tertiary/aromatic N) is 1. The maximum Gasteiger partial charge on any atom is 0.0625 e. The van der Waals surface area contributed by atoms with Crippen molar-refractivity contribution in [1.29, 1.82) is 5.26 Å². The Labute approximate surface area is 126 Å². The maximum atomic E-state index is 8.37. The molecule has 0 aliphatic heterocycles. The summed E-state index contributed by atoms with van der Waals surface area (Å²) in [7, 11) is 0. The van der Waals surface area contributed by atoms with Crippen molar-refractivity contribution in [2.75, 3.05) is 0 Å². The van der Waals surface area contributed by atoms with Gasteiger partial charge in [0.2, 0.25) is 0 Å². The van der Waals surface area contributed by atoms with Crippen LogP contribution in [0.2, 0.25) is 0 Å². The minimum atomic E-state index is 0.549. The van der Waals surface area contributed by atoms with Crippen LogP contribution in [-0.4, -0.2) is 0 Å². The Balaban J connectivity index is 0.000000159. The standard InChI is InChI=1S/C11H11N.C9H8/c1-10(6-5-9-12)11-7-3-2-4-8-11;1-2-5-9-7-3-6-8(9)4-1/h2-4,7-8H,1,5-6H2;1-6H,7H2. The summed E-state index contributed by atoms with van der Waals surface area (Å²) in [5.41, 5.74) is 5.01. The summed E-state index contributed by atoms with van der Waals surface area (Å²) >= 11 is 0. The zero-order chi connectivity index (χ0) is 14.9. The van der Waals surface area contributed by atoms with Crippen molar-refractivity contribution in [2.45, 2.75) is 19.3 Å². The van der Waals surface area contributed by atoms with Crippen LogP contribution in [0.3, 0.4) is 0 Å². The average Bonchev–Trinajstić information content (AvgIpc) is 3.02. The van der Waals surface area contributed by atoms with Crippen molar-refractivity contribution in [3.63, 3.8) is 0 Å². The third kappa shape index (κ3) is 4.47. The number of hydrogen-bond acceptors (Lipinski definition) is 1. The smallest absolute Gasteiger partial charge is 0.0625 e. The highest BCUT2D eigenvalue weighted by molar-refractivity contribution is 5.63. The first-order valence-electron chi connectivity index (χ1n) is 7.16. The van der Waals surface area contributed by atoms with E-state index in [2.05, 4.69) is 49.1 Å². The van der Waals surface area contributed by atoms with E-state index in [0.717, 1.165) is 24.0 Å². The van der Waals surface area contributed by atoms with E-state index in [0.29, 0.717) is 6.42 Å². The molecular formula is C20H19N. The molecule has 0 aromatic heterocycles. The van der Waals surface area contributed by atoms with Crippen LogP contribution in [0.25, 0.3) is 11.6 Å². The van der Waals surface area contributed by atoms with Gasteiger partial charge in [-0.05, 0) is 35.1 Å². The summed E-state index contributed by atoms with van der Waals surface area (Å²) in [4.78, 5) is 0. The largest absolute Gasteiger partial charge is 0.198 e. The number of nitriles is 1. The highest BCUT2D eigenvalue weighted by Crippen LogP contribution is 2.17. The van der Waals surface area contributed by atoms with Gasteiger partial charge in [-0.15, -0.1) is 0 Å². The molecule has 2 aromatic rings. The Kier molecular flexibility index (Phi) is 5.55. The lowest BCUT2D eigenvalue weighted by Gasteiger charge is -2.01. The van der Waals surface area contributed by atoms with Crippen molar-refractivity contribution in [1.82, 2.24) is 0 Å². The van der Waals surface area contributed by atoms with Crippen LogP contribution in [0.15, 0.2) is 67.3 Å². The lowest BCUT2D eigenvalue weighted by Crippen LogP contribution is -1.80. The molecule has 0 amide bonds. The van der Waals surface area contributed by atoms with Crippen LogP contribution in [0.1, 0.15) is 29.5 Å². The number of hydrogen-bond donors (Lipinski definition) is 0. The van der Waals surface area contributed by atoms with E-state index in [-0.39, 0.29) is 0 Å². The second kappa shape index (κ2) is 7.87. The summed E-state index contributed by atoms with van der Waals surface area (Å²) in [5, 5.41) is 8.37. The third-order valence-electron chi connectivity index (χ3n) is 3.41. The van der Waals surface area contributed by atoms with Crippen LogP contribution in [0.4, 0.5) is 0 Å². The highest BCUT2D eigenvalue weighted by Gasteiger charge is 2.00. The molecule has 0 atom stereocenters. The molecule has 0 saturated heterocycles. The van der Waals surface area contributed by atoms with Gasteiger partial charge in [-0.25, -0.2) is 0 Å². The van der Waals surface area contributed by atoms with Gasteiger partial charge in [0.15, 0.2) is 0 Å². The van der Waals surface area contributed by atoms with E-state index in [1.165, 1.54) is 11.1 Å². The summed E-state index contributed by atoms with van der Waals surface area (Å²) in [6.07, 6.45) is 6.81. The first-order chi connectivity index (χ1) is 10.3. The number of fused-ring (bicyclic) bond motifs is 1. The summed E-state index contributed by atoms with van der Waals surface area (Å²) in [5.74, 6) is 0. The quantitative estimate of drug-likeness (QED) is 0.748. The van der Waals surface area contributed by atoms with E-state index in [9.17, 15) is 0 Å². The molecule has 0 saturated carbocycles. The van der Waals surface area contributed by atoms with Gasteiger partial charge in [-0.2, -0.15) is 5.26 Å². The monoisotopic (exact) mass is 273 g/mol. The first-order valence-corrected chi connectivity index (χ1v) is 7.16. The van der Waals surface area contributed by atoms with Crippen LogP contribution in [0, 0.1) is 11.3 Å². The molecule has 0 unspecified atom stereocenters. The molecule has 0 spiro atoms. The van der Waals surface area contributed by atoms with E-state index in [1.807, 2.05) is 30.3 Å². The van der Waals surface area contributed by atoms with Crippen LogP contribution >= 0.6 is 0 Å². The zero-order valence-electron chi connectivity index (χ0n) is 12.1. The molecule has 3 rings (SSSR count). The number of allylic oxidation sites excluding steroid dienone is 2. The van der Waals surface area contributed by atoms with Gasteiger partial charge in [-0.1, -0.05) is 73.3 Å². The molecule has 21 heavy (non-hydrogen) atoms. The second-order valence-electron chi connectivity index (χ2n) is 4.93. The fourth-order valence-electron chi connectivity index (χ4n) is 2.22. The van der Waals surface area contributed by atoms with Crippen molar-refractivity contribution in [3.8, 4) is 6.07 Å². The predicted molar refractivity (Wildman–Crippen MR) is 89.5 cm³/mol. The van der Waals surface area contributed by atoms with Gasteiger partial charge < -0.3 is 0 Å². The molecule has 0 bridgehead atoms. The van der Waals surface area contributed by atoms with Crippen molar-refractivity contribution < 1.29 is 0 Å². The minimum Gasteiger partial charge on any atom is -0.198 e. The Bertz CT molecular complexity index is 660. The van der Waals surface area contributed by atoms with Gasteiger partial charge in [-0.3, -0.25) is 0 Å². The predicted octanol–water partition coefficient (Wildman–Crippen LogP) is 5.26. The topological polar surface area (TPSA) is 23.8 Å². The van der Waals surface area contributed by atoms with Crippen LogP contribution in [0.5, 0.6) is 0 Å². The maximum absolute atomic E-state index is 8.37. The number of benzene rings is 2. The summed E-state index contributed by atoms with van der Waals surface area (Å²) < 4.78 is 0. The molecule has 104 valence electrons. The fourth-order valence-corrected chi connectivity index (χ4v) is 2.22. The SMILES string of the molecule is C1=Cc2ccccc2C1.C=C(CCC#N)c1ccccc1. The average molecular weight is 273 g/mol. The van der Waals surface area contributed by atoms with Crippen LogP contribution < -0.4 is 0 Å².